The molecule has 150 valence electrons. The Bertz CT molecular complexity index is 899. The molecule has 3 aromatic rings. The zero-order chi connectivity index (χ0) is 19.1. The van der Waals surface area contributed by atoms with Crippen LogP contribution in [0.3, 0.4) is 0 Å². The average molecular weight is 494 g/mol. The van der Waals surface area contributed by atoms with Crippen molar-refractivity contribution in [1.82, 2.24) is 15.6 Å². The first kappa shape index (κ1) is 22.0. The predicted octanol–water partition coefficient (Wildman–Crippen LogP) is 4.20. The van der Waals surface area contributed by atoms with Crippen LogP contribution in [-0.2, 0) is 6.54 Å². The third-order valence-corrected chi connectivity index (χ3v) is 4.19. The van der Waals surface area contributed by atoms with E-state index in [4.69, 9.17) is 9.15 Å². The highest BCUT2D eigenvalue weighted by atomic mass is 127. The molecule has 2 aromatic carbocycles. The van der Waals surface area contributed by atoms with Crippen molar-refractivity contribution in [3.63, 3.8) is 0 Å². The maximum Gasteiger partial charge on any atom is 0.216 e. The van der Waals surface area contributed by atoms with Crippen LogP contribution in [0.15, 0.2) is 51.9 Å². The van der Waals surface area contributed by atoms with Gasteiger partial charge >= 0.3 is 0 Å². The molecule has 0 spiro atoms. The van der Waals surface area contributed by atoms with Crippen molar-refractivity contribution >= 4 is 40.7 Å². The fraction of sp³-hybridized carbons (Fsp3) is 0.333. The highest BCUT2D eigenvalue weighted by molar-refractivity contribution is 14.0. The number of nitrogens with one attached hydrogen (secondary N) is 2. The van der Waals surface area contributed by atoms with Crippen molar-refractivity contribution < 1.29 is 9.15 Å². The molecule has 0 aliphatic carbocycles. The fourth-order valence-corrected chi connectivity index (χ4v) is 2.75. The lowest BCUT2D eigenvalue weighted by Gasteiger charge is -2.13. The SMILES string of the molecule is CCNC(=NCc1nc(C)c(C)o1)NCCOc1cccc2ccccc12.I. The van der Waals surface area contributed by atoms with Crippen molar-refractivity contribution in [2.45, 2.75) is 27.3 Å². The number of halogens is 1. The van der Waals surface area contributed by atoms with Crippen LogP contribution in [-0.4, -0.2) is 30.6 Å². The summed E-state index contributed by atoms with van der Waals surface area (Å²) in [7, 11) is 0. The summed E-state index contributed by atoms with van der Waals surface area (Å²) in [4.78, 5) is 8.87. The topological polar surface area (TPSA) is 71.7 Å². The molecule has 0 bridgehead atoms. The van der Waals surface area contributed by atoms with Gasteiger partial charge in [-0.05, 0) is 32.2 Å². The summed E-state index contributed by atoms with van der Waals surface area (Å²) in [6.07, 6.45) is 0. The van der Waals surface area contributed by atoms with Crippen LogP contribution in [0.25, 0.3) is 10.8 Å². The Morgan fingerprint density at radius 2 is 1.89 bits per heavy atom. The van der Waals surface area contributed by atoms with Gasteiger partial charge in [0.15, 0.2) is 5.96 Å². The van der Waals surface area contributed by atoms with Crippen molar-refractivity contribution in [3.05, 3.63) is 59.8 Å². The molecule has 0 radical (unpaired) electrons. The zero-order valence-corrected chi connectivity index (χ0v) is 18.8. The number of aromatic nitrogens is 1. The van der Waals surface area contributed by atoms with Crippen LogP contribution in [0.2, 0.25) is 0 Å². The summed E-state index contributed by atoms with van der Waals surface area (Å²) in [6, 6.07) is 14.3. The first-order valence-electron chi connectivity index (χ1n) is 9.23. The molecule has 1 heterocycles. The third-order valence-electron chi connectivity index (χ3n) is 4.19. The van der Waals surface area contributed by atoms with Crippen LogP contribution in [0.4, 0.5) is 0 Å². The van der Waals surface area contributed by atoms with E-state index in [1.165, 1.54) is 5.39 Å². The molecule has 0 aliphatic rings. The summed E-state index contributed by atoms with van der Waals surface area (Å²) in [5.41, 5.74) is 0.904. The van der Waals surface area contributed by atoms with E-state index in [1.54, 1.807) is 0 Å². The second-order valence-electron chi connectivity index (χ2n) is 6.20. The van der Waals surface area contributed by atoms with Gasteiger partial charge in [-0.25, -0.2) is 9.98 Å². The number of hydrogen-bond donors (Lipinski definition) is 2. The molecule has 0 saturated heterocycles. The Labute approximate surface area is 182 Å². The van der Waals surface area contributed by atoms with E-state index in [0.29, 0.717) is 31.5 Å². The van der Waals surface area contributed by atoms with Gasteiger partial charge in [0.25, 0.3) is 0 Å². The molecule has 0 fully saturated rings. The molecule has 1 aromatic heterocycles. The normalized spacial score (nSPS) is 11.2. The maximum atomic E-state index is 5.95. The van der Waals surface area contributed by atoms with E-state index < -0.39 is 0 Å². The fourth-order valence-electron chi connectivity index (χ4n) is 2.75. The van der Waals surface area contributed by atoms with Crippen LogP contribution < -0.4 is 15.4 Å². The number of hydrogen-bond acceptors (Lipinski definition) is 4. The van der Waals surface area contributed by atoms with Gasteiger partial charge in [0.05, 0.1) is 12.2 Å². The minimum absolute atomic E-state index is 0. The van der Waals surface area contributed by atoms with Crippen molar-refractivity contribution in [1.29, 1.82) is 0 Å². The molecular formula is C21H27IN4O2. The van der Waals surface area contributed by atoms with Crippen molar-refractivity contribution in [2.24, 2.45) is 4.99 Å². The monoisotopic (exact) mass is 494 g/mol. The summed E-state index contributed by atoms with van der Waals surface area (Å²) in [6.45, 7) is 8.22. The summed E-state index contributed by atoms with van der Waals surface area (Å²) < 4.78 is 11.5. The van der Waals surface area contributed by atoms with Crippen LogP contribution >= 0.6 is 24.0 Å². The number of aryl methyl sites for hydroxylation is 2. The molecule has 3 rings (SSSR count). The van der Waals surface area contributed by atoms with E-state index in [0.717, 1.165) is 29.1 Å². The zero-order valence-electron chi connectivity index (χ0n) is 16.5. The number of guanidine groups is 1. The smallest absolute Gasteiger partial charge is 0.216 e. The molecule has 0 saturated carbocycles. The Kier molecular flexibility index (Phi) is 8.56. The standard InChI is InChI=1S/C21H26N4O2.HI/c1-4-22-21(24-14-20-25-15(2)16(3)27-20)23-12-13-26-19-11-7-9-17-8-5-6-10-18(17)19;/h5-11H,4,12-14H2,1-3H3,(H2,22,23,24);1H. The second-order valence-corrected chi connectivity index (χ2v) is 6.20. The van der Waals surface area contributed by atoms with Crippen molar-refractivity contribution in [3.8, 4) is 5.75 Å². The van der Waals surface area contributed by atoms with Crippen LogP contribution in [0.1, 0.15) is 24.3 Å². The molecule has 0 amide bonds. The number of fused-ring (bicyclic) bond motifs is 1. The second kappa shape index (κ2) is 10.9. The van der Waals surface area contributed by atoms with E-state index >= 15 is 0 Å². The summed E-state index contributed by atoms with van der Waals surface area (Å²) in [5, 5.41) is 8.79. The number of oxazole rings is 1. The van der Waals surface area contributed by atoms with E-state index in [1.807, 2.05) is 45.0 Å². The summed E-state index contributed by atoms with van der Waals surface area (Å²) >= 11 is 0. The number of aliphatic imine (C=N–C) groups is 1. The first-order valence-corrected chi connectivity index (χ1v) is 9.23. The highest BCUT2D eigenvalue weighted by Gasteiger charge is 2.06. The average Bonchev–Trinajstić information content (AvgIpc) is 3.01. The van der Waals surface area contributed by atoms with Gasteiger partial charge in [0.1, 0.15) is 24.7 Å². The first-order chi connectivity index (χ1) is 13.2. The highest BCUT2D eigenvalue weighted by Crippen LogP contribution is 2.24. The molecule has 28 heavy (non-hydrogen) atoms. The lowest BCUT2D eigenvalue weighted by Crippen LogP contribution is -2.39. The molecule has 6 nitrogen and oxygen atoms in total. The Hall–Kier alpha value is -2.29. The number of rotatable bonds is 7. The Morgan fingerprint density at radius 1 is 1.11 bits per heavy atom. The minimum Gasteiger partial charge on any atom is -0.491 e. The lowest BCUT2D eigenvalue weighted by atomic mass is 10.1. The van der Waals surface area contributed by atoms with Crippen LogP contribution in [0.5, 0.6) is 5.75 Å². The minimum atomic E-state index is 0. The quantitative estimate of drug-likeness (QED) is 0.223. The molecule has 7 heteroatoms. The van der Waals surface area contributed by atoms with Gasteiger partial charge in [0.2, 0.25) is 5.89 Å². The largest absolute Gasteiger partial charge is 0.491 e. The molecule has 2 N–H and O–H groups in total. The molecule has 0 unspecified atom stereocenters. The van der Waals surface area contributed by atoms with E-state index in [9.17, 15) is 0 Å². The molecule has 0 aliphatic heterocycles. The van der Waals surface area contributed by atoms with E-state index in [2.05, 4.69) is 38.8 Å². The lowest BCUT2D eigenvalue weighted by molar-refractivity contribution is 0.325. The van der Waals surface area contributed by atoms with Gasteiger partial charge in [0, 0.05) is 11.9 Å². The Morgan fingerprint density at radius 3 is 2.64 bits per heavy atom. The van der Waals surface area contributed by atoms with Gasteiger partial charge in [-0.1, -0.05) is 36.4 Å². The Balaban J connectivity index is 0.00000280. The third kappa shape index (κ3) is 5.85. The summed E-state index contributed by atoms with van der Waals surface area (Å²) in [5.74, 6) is 3.06. The number of ether oxygens (including phenoxy) is 1. The number of nitrogens with zero attached hydrogens (tertiary/aromatic N) is 2. The van der Waals surface area contributed by atoms with Gasteiger partial charge in [-0.3, -0.25) is 0 Å². The van der Waals surface area contributed by atoms with Crippen LogP contribution in [0, 0.1) is 13.8 Å². The van der Waals surface area contributed by atoms with Crippen molar-refractivity contribution in [2.75, 3.05) is 19.7 Å². The molecule has 0 atom stereocenters. The maximum absolute atomic E-state index is 5.95. The molecular weight excluding hydrogens is 467 g/mol. The van der Waals surface area contributed by atoms with Gasteiger partial charge in [-0.15, -0.1) is 24.0 Å². The van der Waals surface area contributed by atoms with Gasteiger partial charge < -0.3 is 19.8 Å². The van der Waals surface area contributed by atoms with E-state index in [-0.39, 0.29) is 24.0 Å². The van der Waals surface area contributed by atoms with Gasteiger partial charge in [-0.2, -0.15) is 0 Å². The predicted molar refractivity (Wildman–Crippen MR) is 124 cm³/mol. The number of benzene rings is 2.